The largest absolute Gasteiger partial charge is 0.136 e. The van der Waals surface area contributed by atoms with E-state index in [2.05, 4.69) is 136 Å². The first-order valence-electron chi connectivity index (χ1n) is 15.4. The highest BCUT2D eigenvalue weighted by molar-refractivity contribution is 7.20. The average molecular weight is 569 g/mol. The fourth-order valence-corrected chi connectivity index (χ4v) is 9.07. The van der Waals surface area contributed by atoms with Gasteiger partial charge in [0.25, 0.3) is 0 Å². The summed E-state index contributed by atoms with van der Waals surface area (Å²) in [6, 6.07) is 39.4. The lowest BCUT2D eigenvalue weighted by Crippen LogP contribution is -2.14. The second-order valence-corrected chi connectivity index (χ2v) is 14.0. The molecule has 0 bridgehead atoms. The monoisotopic (exact) mass is 568 g/mol. The van der Waals surface area contributed by atoms with Crippen molar-refractivity contribution < 1.29 is 0 Å². The van der Waals surface area contributed by atoms with Gasteiger partial charge in [0.1, 0.15) is 0 Å². The molecular weight excluding hydrogens is 537 g/mol. The highest BCUT2D eigenvalue weighted by atomic mass is 32.1. The summed E-state index contributed by atoms with van der Waals surface area (Å²) in [5.74, 6) is 0. The molecule has 0 spiro atoms. The fourth-order valence-electron chi connectivity index (χ4n) is 7.91. The zero-order chi connectivity index (χ0) is 28.9. The molecule has 0 N–H and O–H groups in total. The van der Waals surface area contributed by atoms with Crippen LogP contribution in [0, 0.1) is 6.92 Å². The summed E-state index contributed by atoms with van der Waals surface area (Å²) in [5, 5.41) is 6.72. The Balaban J connectivity index is 1.34. The molecule has 2 aliphatic carbocycles. The third-order valence-electron chi connectivity index (χ3n) is 9.99. The van der Waals surface area contributed by atoms with Crippen molar-refractivity contribution in [2.75, 3.05) is 0 Å². The smallest absolute Gasteiger partial charge is 0.0352 e. The number of benzene rings is 6. The molecular formula is C42H32S. The topological polar surface area (TPSA) is 0 Å². The minimum absolute atomic E-state index is 0.0341. The molecule has 0 aliphatic heterocycles. The summed E-state index contributed by atoms with van der Waals surface area (Å²) in [6.07, 6.45) is 6.90. The first-order chi connectivity index (χ1) is 21.0. The van der Waals surface area contributed by atoms with Crippen molar-refractivity contribution in [1.82, 2.24) is 0 Å². The normalized spacial score (nSPS) is 14.8. The number of aryl methyl sites for hydroxylation is 2. The number of fused-ring (bicyclic) bond motifs is 8. The summed E-state index contributed by atoms with van der Waals surface area (Å²) in [6.45, 7) is 6.97. The molecule has 0 saturated carbocycles. The minimum Gasteiger partial charge on any atom is -0.136 e. The van der Waals surface area contributed by atoms with Gasteiger partial charge in [-0.1, -0.05) is 110 Å². The lowest BCUT2D eigenvalue weighted by Gasteiger charge is -2.23. The summed E-state index contributed by atoms with van der Waals surface area (Å²) in [4.78, 5) is 1.43. The molecule has 0 nitrogen and oxygen atoms in total. The van der Waals surface area contributed by atoms with Crippen LogP contribution in [0.1, 0.15) is 47.4 Å². The van der Waals surface area contributed by atoms with Crippen molar-refractivity contribution in [3.05, 3.63) is 136 Å². The molecule has 0 amide bonds. The van der Waals surface area contributed by atoms with Crippen molar-refractivity contribution in [3.63, 3.8) is 0 Å². The molecule has 7 aromatic rings. The van der Waals surface area contributed by atoms with E-state index in [0.29, 0.717) is 0 Å². The Bertz CT molecular complexity index is 2320. The first-order valence-corrected chi connectivity index (χ1v) is 16.2. The number of rotatable bonds is 2. The summed E-state index contributed by atoms with van der Waals surface area (Å²) in [5.41, 5.74) is 13.6. The summed E-state index contributed by atoms with van der Waals surface area (Å²) < 4.78 is 1.39. The highest BCUT2D eigenvalue weighted by Gasteiger charge is 2.35. The Morgan fingerprint density at radius 2 is 1.30 bits per heavy atom. The van der Waals surface area contributed by atoms with Crippen LogP contribution >= 0.6 is 11.3 Å². The van der Waals surface area contributed by atoms with E-state index in [0.717, 1.165) is 12.8 Å². The van der Waals surface area contributed by atoms with Gasteiger partial charge in [-0.25, -0.2) is 0 Å². The van der Waals surface area contributed by atoms with Gasteiger partial charge in [-0.15, -0.1) is 11.3 Å². The maximum Gasteiger partial charge on any atom is 0.0352 e. The zero-order valence-corrected chi connectivity index (χ0v) is 25.6. The highest BCUT2D eigenvalue weighted by Crippen LogP contribution is 2.51. The molecule has 0 atom stereocenters. The van der Waals surface area contributed by atoms with Crippen LogP contribution < -0.4 is 0 Å². The van der Waals surface area contributed by atoms with E-state index in [-0.39, 0.29) is 5.41 Å². The van der Waals surface area contributed by atoms with Gasteiger partial charge in [-0.3, -0.25) is 0 Å². The van der Waals surface area contributed by atoms with E-state index in [1.165, 1.54) is 92.1 Å². The van der Waals surface area contributed by atoms with Gasteiger partial charge >= 0.3 is 0 Å². The van der Waals surface area contributed by atoms with Gasteiger partial charge in [-0.05, 0) is 121 Å². The standard InChI is InChI=1S/C42H32S/c1-25-16-19-33-35(22-25)41(27-17-20-29-28-10-6-8-14-36(28)42(2,3)37(29)24-27)32-13-5-4-12-31(32)40(33)26-18-21-39-34(23-26)30-11-7-9-15-38(30)43-39/h4-6,8-10,12-24H,7,11H2,1-3H3. The van der Waals surface area contributed by atoms with Crippen LogP contribution in [0.4, 0.5) is 0 Å². The third kappa shape index (κ3) is 3.55. The minimum atomic E-state index is -0.0341. The van der Waals surface area contributed by atoms with Crippen molar-refractivity contribution >= 4 is 49.0 Å². The number of thiophene rings is 1. The molecule has 6 aromatic carbocycles. The predicted octanol–water partition coefficient (Wildman–Crippen LogP) is 12.1. The molecule has 43 heavy (non-hydrogen) atoms. The van der Waals surface area contributed by atoms with E-state index in [4.69, 9.17) is 0 Å². The third-order valence-corrected chi connectivity index (χ3v) is 11.2. The molecule has 206 valence electrons. The van der Waals surface area contributed by atoms with Crippen LogP contribution in [-0.2, 0) is 11.8 Å². The van der Waals surface area contributed by atoms with Crippen LogP contribution in [0.25, 0.3) is 71.1 Å². The second-order valence-electron chi connectivity index (χ2n) is 12.9. The van der Waals surface area contributed by atoms with E-state index in [1.54, 1.807) is 0 Å². The van der Waals surface area contributed by atoms with Crippen LogP contribution in [0.15, 0.2) is 109 Å². The lowest BCUT2D eigenvalue weighted by atomic mass is 9.80. The Morgan fingerprint density at radius 1 is 0.605 bits per heavy atom. The molecule has 2 aliphatic rings. The molecule has 1 heteroatoms. The van der Waals surface area contributed by atoms with Gasteiger partial charge in [0, 0.05) is 15.0 Å². The first kappa shape index (κ1) is 25.1. The van der Waals surface area contributed by atoms with Crippen LogP contribution in [0.2, 0.25) is 0 Å². The molecule has 9 rings (SSSR count). The molecule has 1 heterocycles. The lowest BCUT2D eigenvalue weighted by molar-refractivity contribution is 0.660. The average Bonchev–Trinajstić information content (AvgIpc) is 3.51. The van der Waals surface area contributed by atoms with Crippen LogP contribution in [0.5, 0.6) is 0 Å². The van der Waals surface area contributed by atoms with Gasteiger partial charge in [0.15, 0.2) is 0 Å². The molecule has 0 saturated heterocycles. The van der Waals surface area contributed by atoms with Crippen LogP contribution in [-0.4, -0.2) is 0 Å². The number of hydrogen-bond donors (Lipinski definition) is 0. The number of hydrogen-bond acceptors (Lipinski definition) is 1. The van der Waals surface area contributed by atoms with E-state index < -0.39 is 0 Å². The number of allylic oxidation sites excluding steroid dienone is 1. The quantitative estimate of drug-likeness (QED) is 0.182. The van der Waals surface area contributed by atoms with Crippen molar-refractivity contribution in [2.45, 2.75) is 39.0 Å². The summed E-state index contributed by atoms with van der Waals surface area (Å²) in [7, 11) is 0. The van der Waals surface area contributed by atoms with Crippen molar-refractivity contribution in [1.29, 1.82) is 0 Å². The van der Waals surface area contributed by atoms with Gasteiger partial charge in [0.05, 0.1) is 0 Å². The Kier molecular flexibility index (Phi) is 5.26. The Morgan fingerprint density at radius 3 is 2.16 bits per heavy atom. The van der Waals surface area contributed by atoms with E-state index >= 15 is 0 Å². The molecule has 1 aromatic heterocycles. The van der Waals surface area contributed by atoms with Gasteiger partial charge in [0.2, 0.25) is 0 Å². The van der Waals surface area contributed by atoms with Crippen LogP contribution in [0.3, 0.4) is 0 Å². The molecule has 0 radical (unpaired) electrons. The van der Waals surface area contributed by atoms with Crippen molar-refractivity contribution in [3.8, 4) is 33.4 Å². The van der Waals surface area contributed by atoms with E-state index in [9.17, 15) is 0 Å². The van der Waals surface area contributed by atoms with Gasteiger partial charge < -0.3 is 0 Å². The Labute approximate surface area is 257 Å². The van der Waals surface area contributed by atoms with Crippen molar-refractivity contribution in [2.24, 2.45) is 0 Å². The maximum atomic E-state index is 2.48. The zero-order valence-electron chi connectivity index (χ0n) is 24.8. The molecule has 0 fully saturated rings. The predicted molar refractivity (Wildman–Crippen MR) is 187 cm³/mol. The Hall–Kier alpha value is -4.46. The molecule has 0 unspecified atom stereocenters. The summed E-state index contributed by atoms with van der Waals surface area (Å²) >= 11 is 1.93. The van der Waals surface area contributed by atoms with Gasteiger partial charge in [-0.2, -0.15) is 0 Å². The SMILES string of the molecule is Cc1ccc2c(-c3ccc4sc5c(c4c3)CCC=C5)c3ccccc3c(-c3ccc4c(c3)C(C)(C)c3ccccc3-4)c2c1. The maximum absolute atomic E-state index is 2.48. The van der Waals surface area contributed by atoms with E-state index in [1.807, 2.05) is 11.3 Å². The fraction of sp³-hybridized carbons (Fsp3) is 0.143. The second kappa shape index (κ2) is 9.02.